The highest BCUT2D eigenvalue weighted by Crippen LogP contribution is 2.24. The van der Waals surface area contributed by atoms with Gasteiger partial charge in [0, 0.05) is 0 Å². The zero-order valence-electron chi connectivity index (χ0n) is 10.8. The van der Waals surface area contributed by atoms with Crippen molar-refractivity contribution < 1.29 is 18.3 Å². The van der Waals surface area contributed by atoms with Crippen LogP contribution >= 0.6 is 0 Å². The van der Waals surface area contributed by atoms with Crippen LogP contribution in [0.1, 0.15) is 34.1 Å². The maximum absolute atomic E-state index is 11.9. The summed E-state index contributed by atoms with van der Waals surface area (Å²) >= 11 is 0. The van der Waals surface area contributed by atoms with Crippen molar-refractivity contribution in [1.82, 2.24) is 5.32 Å². The number of hydrogen-bond acceptors (Lipinski definition) is 4. The molecule has 17 heavy (non-hydrogen) atoms. The average Bonchev–Trinajstić information content (AvgIpc) is 2.43. The lowest BCUT2D eigenvalue weighted by Crippen LogP contribution is -2.58. The summed E-state index contributed by atoms with van der Waals surface area (Å²) in [4.78, 5) is 11.9. The van der Waals surface area contributed by atoms with Crippen molar-refractivity contribution in [3.05, 3.63) is 0 Å². The summed E-state index contributed by atoms with van der Waals surface area (Å²) in [5.74, 6) is -0.783. The lowest BCUT2D eigenvalue weighted by atomic mass is 9.85. The van der Waals surface area contributed by atoms with Crippen LogP contribution < -0.4 is 5.32 Å². The summed E-state index contributed by atoms with van der Waals surface area (Å²) in [6, 6.07) is 0. The lowest BCUT2D eigenvalue weighted by molar-refractivity contribution is -0.129. The van der Waals surface area contributed by atoms with Crippen LogP contribution in [0.2, 0.25) is 0 Å². The van der Waals surface area contributed by atoms with Gasteiger partial charge >= 0.3 is 0 Å². The van der Waals surface area contributed by atoms with Crippen LogP contribution in [0.3, 0.4) is 0 Å². The van der Waals surface area contributed by atoms with E-state index in [1.165, 1.54) is 0 Å². The highest BCUT2D eigenvalue weighted by molar-refractivity contribution is 7.91. The Hall–Kier alpha value is -0.620. The van der Waals surface area contributed by atoms with Gasteiger partial charge in [0.2, 0.25) is 5.91 Å². The van der Waals surface area contributed by atoms with E-state index in [-0.39, 0.29) is 17.4 Å². The summed E-state index contributed by atoms with van der Waals surface area (Å²) in [7, 11) is -3.05. The SMILES string of the molecule is CC(C)(O)C(C)(C)NC(=O)C1CCS(=O)(=O)C1. The van der Waals surface area contributed by atoms with Gasteiger partial charge in [-0.3, -0.25) is 4.79 Å². The topological polar surface area (TPSA) is 83.5 Å². The molecular formula is C11H21NO4S. The number of aliphatic hydroxyl groups is 1. The number of carbonyl (C=O) groups excluding carboxylic acids is 1. The minimum absolute atomic E-state index is 0.0774. The van der Waals surface area contributed by atoms with Gasteiger partial charge in [0.25, 0.3) is 0 Å². The predicted molar refractivity (Wildman–Crippen MR) is 65.3 cm³/mol. The van der Waals surface area contributed by atoms with Crippen LogP contribution in [0.25, 0.3) is 0 Å². The second kappa shape index (κ2) is 4.24. The smallest absolute Gasteiger partial charge is 0.224 e. The molecule has 100 valence electrons. The van der Waals surface area contributed by atoms with Crippen LogP contribution in [-0.2, 0) is 14.6 Å². The standard InChI is InChI=1S/C11H21NO4S/c1-10(2,11(3,4)14)12-9(13)8-5-6-17(15,16)7-8/h8,14H,5-7H2,1-4H3,(H,12,13). The zero-order valence-corrected chi connectivity index (χ0v) is 11.6. The van der Waals surface area contributed by atoms with Gasteiger partial charge < -0.3 is 10.4 Å². The van der Waals surface area contributed by atoms with E-state index in [2.05, 4.69) is 5.32 Å². The molecule has 1 saturated heterocycles. The molecule has 0 saturated carbocycles. The van der Waals surface area contributed by atoms with Gasteiger partial charge in [0.05, 0.1) is 28.6 Å². The quantitative estimate of drug-likeness (QED) is 0.755. The van der Waals surface area contributed by atoms with Gasteiger partial charge in [-0.05, 0) is 34.1 Å². The third-order valence-corrected chi connectivity index (χ3v) is 5.34. The first kappa shape index (κ1) is 14.4. The van der Waals surface area contributed by atoms with Gasteiger partial charge in [-0.1, -0.05) is 0 Å². The van der Waals surface area contributed by atoms with E-state index in [0.29, 0.717) is 6.42 Å². The Labute approximate surface area is 103 Å². The fraction of sp³-hybridized carbons (Fsp3) is 0.909. The maximum atomic E-state index is 11.9. The minimum Gasteiger partial charge on any atom is -0.388 e. The van der Waals surface area contributed by atoms with Gasteiger partial charge in [-0.15, -0.1) is 0 Å². The van der Waals surface area contributed by atoms with Crippen molar-refractivity contribution in [3.8, 4) is 0 Å². The van der Waals surface area contributed by atoms with Crippen molar-refractivity contribution in [2.24, 2.45) is 5.92 Å². The molecule has 6 heteroatoms. The molecule has 5 nitrogen and oxygen atoms in total. The monoisotopic (exact) mass is 263 g/mol. The summed E-state index contributed by atoms with van der Waals surface area (Å²) in [6.45, 7) is 6.65. The first-order chi connectivity index (χ1) is 7.45. The molecule has 1 aliphatic rings. The molecule has 0 aromatic heterocycles. The molecule has 2 N–H and O–H groups in total. The number of nitrogens with one attached hydrogen (secondary N) is 1. The number of amides is 1. The molecule has 1 heterocycles. The van der Waals surface area contributed by atoms with E-state index < -0.39 is 26.9 Å². The Morgan fingerprint density at radius 2 is 1.82 bits per heavy atom. The van der Waals surface area contributed by atoms with Crippen LogP contribution in [0.5, 0.6) is 0 Å². The Kier molecular flexibility index (Phi) is 3.60. The summed E-state index contributed by atoms with van der Waals surface area (Å²) in [5, 5.41) is 12.6. The summed E-state index contributed by atoms with van der Waals surface area (Å²) in [5.41, 5.74) is -1.86. The number of sulfone groups is 1. The molecule has 0 aliphatic carbocycles. The Morgan fingerprint density at radius 1 is 1.29 bits per heavy atom. The van der Waals surface area contributed by atoms with E-state index >= 15 is 0 Å². The molecular weight excluding hydrogens is 242 g/mol. The van der Waals surface area contributed by atoms with E-state index in [4.69, 9.17) is 0 Å². The third-order valence-electron chi connectivity index (χ3n) is 3.57. The minimum atomic E-state index is -3.05. The highest BCUT2D eigenvalue weighted by atomic mass is 32.2. The first-order valence-corrected chi connectivity index (χ1v) is 7.51. The van der Waals surface area contributed by atoms with Crippen LogP contribution in [-0.4, -0.2) is 42.1 Å². The molecule has 0 spiro atoms. The molecule has 0 aromatic rings. The fourth-order valence-corrected chi connectivity index (χ4v) is 3.31. The molecule has 1 aliphatic heterocycles. The van der Waals surface area contributed by atoms with Crippen LogP contribution in [0.15, 0.2) is 0 Å². The number of rotatable bonds is 3. The maximum Gasteiger partial charge on any atom is 0.224 e. The Bertz CT molecular complexity index is 406. The third kappa shape index (κ3) is 3.42. The summed E-state index contributed by atoms with van der Waals surface area (Å²) in [6.07, 6.45) is 0.371. The fourth-order valence-electron chi connectivity index (χ4n) is 1.56. The van der Waals surface area contributed by atoms with Crippen molar-refractivity contribution in [1.29, 1.82) is 0 Å². The van der Waals surface area contributed by atoms with Crippen LogP contribution in [0.4, 0.5) is 0 Å². The number of carbonyl (C=O) groups is 1. The van der Waals surface area contributed by atoms with Gasteiger partial charge in [-0.2, -0.15) is 0 Å². The molecule has 1 atom stereocenters. The predicted octanol–water partition coefficient (Wildman–Crippen LogP) is 0.0868. The van der Waals surface area contributed by atoms with Crippen molar-refractivity contribution in [2.75, 3.05) is 11.5 Å². The van der Waals surface area contributed by atoms with E-state index in [1.807, 2.05) is 0 Å². The van der Waals surface area contributed by atoms with Gasteiger partial charge in [0.15, 0.2) is 9.84 Å². The largest absolute Gasteiger partial charge is 0.388 e. The normalized spacial score (nSPS) is 24.6. The van der Waals surface area contributed by atoms with Crippen molar-refractivity contribution in [3.63, 3.8) is 0 Å². The van der Waals surface area contributed by atoms with E-state index in [0.717, 1.165) is 0 Å². The molecule has 0 bridgehead atoms. The van der Waals surface area contributed by atoms with E-state index in [9.17, 15) is 18.3 Å². The first-order valence-electron chi connectivity index (χ1n) is 5.69. The Balaban J connectivity index is 2.69. The average molecular weight is 263 g/mol. The molecule has 0 aromatic carbocycles. The highest BCUT2D eigenvalue weighted by Gasteiger charge is 2.40. The Morgan fingerprint density at radius 3 is 2.18 bits per heavy atom. The molecule has 1 rings (SSSR count). The van der Waals surface area contributed by atoms with E-state index in [1.54, 1.807) is 27.7 Å². The van der Waals surface area contributed by atoms with Crippen LogP contribution in [0, 0.1) is 5.92 Å². The molecule has 1 unspecified atom stereocenters. The lowest BCUT2D eigenvalue weighted by Gasteiger charge is -2.38. The molecule has 1 fully saturated rings. The number of hydrogen-bond donors (Lipinski definition) is 2. The van der Waals surface area contributed by atoms with Gasteiger partial charge in [-0.25, -0.2) is 8.42 Å². The molecule has 1 amide bonds. The summed E-state index contributed by atoms with van der Waals surface area (Å²) < 4.78 is 22.6. The van der Waals surface area contributed by atoms with Crippen molar-refractivity contribution in [2.45, 2.75) is 45.3 Å². The van der Waals surface area contributed by atoms with Crippen molar-refractivity contribution >= 4 is 15.7 Å². The second-order valence-corrected chi connectivity index (χ2v) is 8.00. The second-order valence-electron chi connectivity index (χ2n) is 5.77. The molecule has 0 radical (unpaired) electrons. The van der Waals surface area contributed by atoms with Gasteiger partial charge in [0.1, 0.15) is 0 Å². The zero-order chi connectivity index (χ0) is 13.5.